The molecule has 1 aromatic heterocycles. The zero-order valence-electron chi connectivity index (χ0n) is 16.9. The van der Waals surface area contributed by atoms with Gasteiger partial charge in [-0.15, -0.1) is 6.58 Å². The number of rotatable bonds is 3. The van der Waals surface area contributed by atoms with Crippen molar-refractivity contribution in [1.82, 2.24) is 9.88 Å². The first-order valence-electron chi connectivity index (χ1n) is 10.4. The largest absolute Gasteiger partial charge is 0.508 e. The molecule has 29 heavy (non-hydrogen) atoms. The van der Waals surface area contributed by atoms with Crippen LogP contribution >= 0.6 is 0 Å². The van der Waals surface area contributed by atoms with Gasteiger partial charge in [0, 0.05) is 47.9 Å². The molecule has 0 bridgehead atoms. The first-order valence-corrected chi connectivity index (χ1v) is 10.4. The molecule has 2 aromatic carbocycles. The molecule has 3 aromatic rings. The number of benzene rings is 2. The van der Waals surface area contributed by atoms with Crippen molar-refractivity contribution in [2.75, 3.05) is 19.6 Å². The molecular weight excluding hydrogens is 360 g/mol. The monoisotopic (exact) mass is 388 g/mol. The average molecular weight is 389 g/mol. The summed E-state index contributed by atoms with van der Waals surface area (Å²) < 4.78 is 0. The Kier molecular flexibility index (Phi) is 4.12. The number of likely N-dealkylation sites (tertiary alicyclic amines) is 1. The van der Waals surface area contributed by atoms with Crippen LogP contribution in [0.4, 0.5) is 0 Å². The highest BCUT2D eigenvalue weighted by Gasteiger charge is 2.57. The molecule has 1 aliphatic carbocycles. The summed E-state index contributed by atoms with van der Waals surface area (Å²) in [7, 11) is 0. The molecule has 0 unspecified atom stereocenters. The number of aromatic hydroxyl groups is 1. The van der Waals surface area contributed by atoms with Gasteiger partial charge in [0.25, 0.3) is 0 Å². The van der Waals surface area contributed by atoms with Crippen LogP contribution in [0.25, 0.3) is 10.9 Å². The van der Waals surface area contributed by atoms with Crippen molar-refractivity contribution in [3.63, 3.8) is 0 Å². The maximum Gasteiger partial charge on any atom is 0.115 e. The Morgan fingerprint density at radius 1 is 1.21 bits per heavy atom. The number of nitrogens with zero attached hydrogens (tertiary/aromatic N) is 1. The van der Waals surface area contributed by atoms with Gasteiger partial charge in [0.15, 0.2) is 0 Å². The maximum atomic E-state index is 12.2. The smallest absolute Gasteiger partial charge is 0.115 e. The highest BCUT2D eigenvalue weighted by Crippen LogP contribution is 2.52. The van der Waals surface area contributed by atoms with Crippen molar-refractivity contribution in [2.45, 2.75) is 37.2 Å². The van der Waals surface area contributed by atoms with Crippen LogP contribution in [0.15, 0.2) is 55.1 Å². The Morgan fingerprint density at radius 2 is 2.03 bits per heavy atom. The molecule has 2 heterocycles. The van der Waals surface area contributed by atoms with E-state index in [1.807, 2.05) is 18.2 Å². The normalized spacial score (nSPS) is 26.8. The molecule has 0 saturated carbocycles. The molecule has 0 radical (unpaired) electrons. The summed E-state index contributed by atoms with van der Waals surface area (Å²) in [6.07, 6.45) is 4.11. The zero-order valence-corrected chi connectivity index (χ0v) is 16.9. The van der Waals surface area contributed by atoms with Crippen LogP contribution in [0, 0.1) is 6.92 Å². The molecule has 1 fully saturated rings. The first-order chi connectivity index (χ1) is 14.0. The summed E-state index contributed by atoms with van der Waals surface area (Å²) in [6.45, 7) is 8.31. The number of aromatic amines is 1. The van der Waals surface area contributed by atoms with Gasteiger partial charge in [0.2, 0.25) is 0 Å². The molecule has 1 saturated heterocycles. The van der Waals surface area contributed by atoms with Crippen LogP contribution < -0.4 is 0 Å². The number of aryl methyl sites for hydroxylation is 1. The number of hydrogen-bond donors (Lipinski definition) is 3. The lowest BCUT2D eigenvalue weighted by Crippen LogP contribution is -2.66. The third-order valence-corrected chi connectivity index (χ3v) is 7.19. The molecule has 2 atom stereocenters. The van der Waals surface area contributed by atoms with Crippen molar-refractivity contribution < 1.29 is 10.2 Å². The number of fused-ring (bicyclic) bond motifs is 4. The van der Waals surface area contributed by atoms with E-state index < -0.39 is 11.0 Å². The molecule has 150 valence electrons. The number of hydrogen-bond acceptors (Lipinski definition) is 3. The van der Waals surface area contributed by atoms with E-state index in [1.54, 1.807) is 6.07 Å². The average Bonchev–Trinajstić information content (AvgIpc) is 3.03. The number of nitrogens with one attached hydrogen (secondary N) is 1. The number of aliphatic hydroxyl groups is 1. The lowest BCUT2D eigenvalue weighted by Gasteiger charge is -2.56. The van der Waals surface area contributed by atoms with Gasteiger partial charge in [-0.25, -0.2) is 0 Å². The van der Waals surface area contributed by atoms with Gasteiger partial charge in [0.05, 0.1) is 5.60 Å². The first kappa shape index (κ1) is 18.5. The van der Waals surface area contributed by atoms with Gasteiger partial charge < -0.3 is 15.2 Å². The topological polar surface area (TPSA) is 59.5 Å². The van der Waals surface area contributed by atoms with Crippen LogP contribution in [0.5, 0.6) is 5.75 Å². The molecule has 0 amide bonds. The summed E-state index contributed by atoms with van der Waals surface area (Å²) in [6, 6.07) is 13.8. The Hall–Kier alpha value is -2.56. The maximum absolute atomic E-state index is 12.2. The second kappa shape index (κ2) is 6.48. The van der Waals surface area contributed by atoms with Gasteiger partial charge in [0.1, 0.15) is 5.75 Å². The standard InChI is InChI=1S/C25H28N2O2/c1-3-11-27-12-10-24(18-7-5-8-19(28)13-18)15-22-20(14-25(24,29)16-27)23-17(2)6-4-9-21(23)26-22/h3-9,13,26,28-29H,1,10-12,14-16H2,2H3/t24-,25-/m0/s1. The zero-order chi connectivity index (χ0) is 20.2. The molecule has 5 rings (SSSR count). The van der Waals surface area contributed by atoms with Gasteiger partial charge >= 0.3 is 0 Å². The van der Waals surface area contributed by atoms with Crippen molar-refractivity contribution >= 4 is 10.9 Å². The minimum Gasteiger partial charge on any atom is -0.508 e. The summed E-state index contributed by atoms with van der Waals surface area (Å²) in [5.41, 5.74) is 4.55. The van der Waals surface area contributed by atoms with E-state index in [-0.39, 0.29) is 5.75 Å². The molecular formula is C25H28N2O2. The van der Waals surface area contributed by atoms with Crippen LogP contribution in [0.3, 0.4) is 0 Å². The number of H-pyrrole nitrogens is 1. The predicted octanol–water partition coefficient (Wildman–Crippen LogP) is 3.84. The third-order valence-electron chi connectivity index (χ3n) is 7.19. The lowest BCUT2D eigenvalue weighted by molar-refractivity contribution is -0.100. The summed E-state index contributed by atoms with van der Waals surface area (Å²) in [5.74, 6) is 0.256. The van der Waals surface area contributed by atoms with Crippen LogP contribution in [-0.2, 0) is 18.3 Å². The van der Waals surface area contributed by atoms with Gasteiger partial charge in [-0.3, -0.25) is 4.90 Å². The van der Waals surface area contributed by atoms with Crippen LogP contribution in [0.1, 0.15) is 28.8 Å². The van der Waals surface area contributed by atoms with E-state index >= 15 is 0 Å². The third kappa shape index (κ3) is 2.66. The number of β-amino-alcohol motifs (C(OH)–C–C–N with tert-alkyl or cyclic N) is 1. The van der Waals surface area contributed by atoms with Gasteiger partial charge in [-0.05, 0) is 54.8 Å². The van der Waals surface area contributed by atoms with E-state index in [0.717, 1.165) is 37.0 Å². The second-order valence-corrected chi connectivity index (χ2v) is 8.87. The number of phenolic OH excluding ortho intramolecular Hbond substituents is 1. The molecule has 4 nitrogen and oxygen atoms in total. The predicted molar refractivity (Wildman–Crippen MR) is 116 cm³/mol. The number of piperidine rings is 1. The Bertz CT molecular complexity index is 1100. The van der Waals surface area contributed by atoms with E-state index in [4.69, 9.17) is 0 Å². The second-order valence-electron chi connectivity index (χ2n) is 8.87. The van der Waals surface area contributed by atoms with E-state index in [2.05, 4.69) is 47.7 Å². The van der Waals surface area contributed by atoms with E-state index in [0.29, 0.717) is 13.0 Å². The van der Waals surface area contributed by atoms with Crippen molar-refractivity contribution in [3.8, 4) is 5.75 Å². The number of aromatic nitrogens is 1. The molecule has 1 aliphatic heterocycles. The molecule has 2 aliphatic rings. The molecule has 0 spiro atoms. The van der Waals surface area contributed by atoms with Crippen LogP contribution in [0.2, 0.25) is 0 Å². The SMILES string of the molecule is C=CCN1CC[C@@]2(c3cccc(O)c3)Cc3[nH]c4cccc(C)c4c3C[C@]2(O)C1. The summed E-state index contributed by atoms with van der Waals surface area (Å²) >= 11 is 0. The minimum atomic E-state index is -0.910. The lowest BCUT2D eigenvalue weighted by atomic mass is 9.56. The van der Waals surface area contributed by atoms with Crippen molar-refractivity contribution in [1.29, 1.82) is 0 Å². The highest BCUT2D eigenvalue weighted by atomic mass is 16.3. The Morgan fingerprint density at radius 3 is 2.83 bits per heavy atom. The fraction of sp³-hybridized carbons (Fsp3) is 0.360. The fourth-order valence-corrected chi connectivity index (χ4v) is 5.82. The van der Waals surface area contributed by atoms with Crippen molar-refractivity contribution in [3.05, 3.63) is 77.5 Å². The molecule has 3 N–H and O–H groups in total. The highest BCUT2D eigenvalue weighted by molar-refractivity contribution is 5.88. The Labute approximate surface area is 171 Å². The summed E-state index contributed by atoms with van der Waals surface area (Å²) in [4.78, 5) is 5.94. The molecule has 4 heteroatoms. The fourth-order valence-electron chi connectivity index (χ4n) is 5.82. The van der Waals surface area contributed by atoms with Gasteiger partial charge in [-0.1, -0.05) is 30.3 Å². The van der Waals surface area contributed by atoms with E-state index in [9.17, 15) is 10.2 Å². The van der Waals surface area contributed by atoms with Crippen LogP contribution in [-0.4, -0.2) is 45.3 Å². The van der Waals surface area contributed by atoms with Gasteiger partial charge in [-0.2, -0.15) is 0 Å². The quantitative estimate of drug-likeness (QED) is 0.598. The number of phenols is 1. The minimum absolute atomic E-state index is 0.256. The van der Waals surface area contributed by atoms with Crippen molar-refractivity contribution in [2.24, 2.45) is 0 Å². The Balaban J connectivity index is 1.71. The summed E-state index contributed by atoms with van der Waals surface area (Å²) in [5, 5.41) is 23.7. The van der Waals surface area contributed by atoms with E-state index in [1.165, 1.54) is 22.2 Å².